The number of halogens is 1. The van der Waals surface area contributed by atoms with E-state index < -0.39 is 0 Å². The lowest BCUT2D eigenvalue weighted by Gasteiger charge is -2.29. The van der Waals surface area contributed by atoms with Crippen molar-refractivity contribution in [2.45, 2.75) is 12.5 Å². The summed E-state index contributed by atoms with van der Waals surface area (Å²) in [6.07, 6.45) is 1.00. The van der Waals surface area contributed by atoms with Gasteiger partial charge in [-0.2, -0.15) is 5.26 Å². The van der Waals surface area contributed by atoms with Crippen LogP contribution in [-0.2, 0) is 0 Å². The van der Waals surface area contributed by atoms with Crippen molar-refractivity contribution in [2.24, 2.45) is 0 Å². The highest BCUT2D eigenvalue weighted by molar-refractivity contribution is 9.10. The second-order valence-electron chi connectivity index (χ2n) is 3.26. The van der Waals surface area contributed by atoms with Crippen molar-refractivity contribution in [3.63, 3.8) is 0 Å². The van der Waals surface area contributed by atoms with Gasteiger partial charge in [0.25, 0.3) is 0 Å². The first kappa shape index (κ1) is 9.50. The van der Waals surface area contributed by atoms with Gasteiger partial charge in [0.15, 0.2) is 0 Å². The van der Waals surface area contributed by atoms with Crippen LogP contribution >= 0.6 is 15.9 Å². The SMILES string of the molecule is N#Cc1ccc(Br)c([C@@H]2CCN2)c1O. The van der Waals surface area contributed by atoms with Gasteiger partial charge in [0, 0.05) is 16.1 Å². The Hall–Kier alpha value is -1.05. The van der Waals surface area contributed by atoms with Crippen molar-refractivity contribution in [2.75, 3.05) is 6.54 Å². The Morgan fingerprint density at radius 3 is 2.79 bits per heavy atom. The summed E-state index contributed by atoms with van der Waals surface area (Å²) in [6, 6.07) is 5.56. The van der Waals surface area contributed by atoms with Crippen LogP contribution in [0.3, 0.4) is 0 Å². The number of hydrogen-bond donors (Lipinski definition) is 2. The molecule has 0 unspecified atom stereocenters. The standard InChI is InChI=1S/C10H9BrN2O/c11-7-2-1-6(5-12)10(14)9(7)8-3-4-13-8/h1-2,8,13-14H,3-4H2/t8-/m0/s1. The Balaban J connectivity index is 2.51. The number of nitrogens with zero attached hydrogens (tertiary/aromatic N) is 1. The summed E-state index contributed by atoms with van der Waals surface area (Å²) in [4.78, 5) is 0. The van der Waals surface area contributed by atoms with Gasteiger partial charge in [-0.1, -0.05) is 15.9 Å². The lowest BCUT2D eigenvalue weighted by molar-refractivity contribution is 0.363. The molecule has 0 saturated carbocycles. The molecule has 14 heavy (non-hydrogen) atoms. The van der Waals surface area contributed by atoms with Crippen LogP contribution in [0.4, 0.5) is 0 Å². The van der Waals surface area contributed by atoms with E-state index in [4.69, 9.17) is 5.26 Å². The molecule has 0 radical (unpaired) electrons. The molecule has 1 aliphatic heterocycles. The third kappa shape index (κ3) is 1.39. The molecule has 4 heteroatoms. The van der Waals surface area contributed by atoms with Gasteiger partial charge >= 0.3 is 0 Å². The molecule has 1 aromatic carbocycles. The van der Waals surface area contributed by atoms with Gasteiger partial charge in [0.2, 0.25) is 0 Å². The van der Waals surface area contributed by atoms with E-state index in [9.17, 15) is 5.11 Å². The molecule has 0 aliphatic carbocycles. The number of phenolic OH excluding ortho intramolecular Hbond substituents is 1. The Labute approximate surface area is 90.5 Å². The second-order valence-corrected chi connectivity index (χ2v) is 4.12. The molecule has 2 rings (SSSR count). The van der Waals surface area contributed by atoms with E-state index in [-0.39, 0.29) is 11.8 Å². The zero-order valence-corrected chi connectivity index (χ0v) is 9.00. The first-order valence-electron chi connectivity index (χ1n) is 4.39. The normalized spacial score (nSPS) is 19.9. The van der Waals surface area contributed by atoms with Gasteiger partial charge in [-0.3, -0.25) is 0 Å². The van der Waals surface area contributed by atoms with Crippen LogP contribution in [0.15, 0.2) is 16.6 Å². The number of hydrogen-bond acceptors (Lipinski definition) is 3. The summed E-state index contributed by atoms with van der Waals surface area (Å²) in [7, 11) is 0. The fourth-order valence-electron chi connectivity index (χ4n) is 1.54. The minimum absolute atomic E-state index is 0.0964. The van der Waals surface area contributed by atoms with Crippen LogP contribution in [0.5, 0.6) is 5.75 Å². The summed E-state index contributed by atoms with van der Waals surface area (Å²) in [5.74, 6) is 0.0964. The molecular formula is C10H9BrN2O. The molecular weight excluding hydrogens is 244 g/mol. The fourth-order valence-corrected chi connectivity index (χ4v) is 2.14. The van der Waals surface area contributed by atoms with E-state index >= 15 is 0 Å². The number of nitriles is 1. The molecule has 1 aromatic rings. The molecule has 1 heterocycles. The third-order valence-corrected chi connectivity index (χ3v) is 3.15. The molecule has 3 nitrogen and oxygen atoms in total. The summed E-state index contributed by atoms with van der Waals surface area (Å²) in [5, 5.41) is 21.8. The van der Waals surface area contributed by atoms with Gasteiger partial charge in [-0.05, 0) is 25.1 Å². The number of rotatable bonds is 1. The maximum absolute atomic E-state index is 9.81. The molecule has 72 valence electrons. The number of phenols is 1. The van der Waals surface area contributed by atoms with E-state index in [2.05, 4.69) is 21.2 Å². The molecule has 1 fully saturated rings. The zero-order valence-electron chi connectivity index (χ0n) is 7.42. The minimum atomic E-state index is 0.0964. The number of aromatic hydroxyl groups is 1. The van der Waals surface area contributed by atoms with Gasteiger partial charge in [-0.25, -0.2) is 0 Å². The van der Waals surface area contributed by atoms with Crippen molar-refractivity contribution < 1.29 is 5.11 Å². The number of nitrogens with one attached hydrogen (secondary N) is 1. The van der Waals surface area contributed by atoms with Crippen LogP contribution in [0, 0.1) is 11.3 Å². The lowest BCUT2D eigenvalue weighted by atomic mass is 9.95. The van der Waals surface area contributed by atoms with Crippen LogP contribution < -0.4 is 5.32 Å². The molecule has 1 aliphatic rings. The summed E-state index contributed by atoms with van der Waals surface area (Å²) >= 11 is 3.38. The first-order valence-corrected chi connectivity index (χ1v) is 5.18. The highest BCUT2D eigenvalue weighted by Crippen LogP contribution is 2.37. The van der Waals surface area contributed by atoms with E-state index in [1.165, 1.54) is 0 Å². The quantitative estimate of drug-likeness (QED) is 0.805. The average Bonchev–Trinajstić information content (AvgIpc) is 2.09. The van der Waals surface area contributed by atoms with E-state index in [1.54, 1.807) is 12.1 Å². The van der Waals surface area contributed by atoms with Crippen molar-refractivity contribution in [1.82, 2.24) is 5.32 Å². The fraction of sp³-hybridized carbons (Fsp3) is 0.300. The van der Waals surface area contributed by atoms with E-state index in [1.807, 2.05) is 6.07 Å². The second kappa shape index (κ2) is 3.60. The monoisotopic (exact) mass is 252 g/mol. The predicted octanol–water partition coefficient (Wildman–Crippen LogP) is 2.06. The maximum Gasteiger partial charge on any atom is 0.139 e. The third-order valence-electron chi connectivity index (χ3n) is 2.46. The van der Waals surface area contributed by atoms with Crippen LogP contribution in [0.25, 0.3) is 0 Å². The first-order chi connectivity index (χ1) is 6.74. The van der Waals surface area contributed by atoms with Gasteiger partial charge < -0.3 is 10.4 Å². The topological polar surface area (TPSA) is 56.0 Å². The largest absolute Gasteiger partial charge is 0.506 e. The Morgan fingerprint density at radius 2 is 2.29 bits per heavy atom. The zero-order chi connectivity index (χ0) is 10.1. The molecule has 0 amide bonds. The average molecular weight is 253 g/mol. The molecule has 0 aromatic heterocycles. The van der Waals surface area contributed by atoms with Crippen molar-refractivity contribution >= 4 is 15.9 Å². The summed E-state index contributed by atoms with van der Waals surface area (Å²) < 4.78 is 0.853. The Kier molecular flexibility index (Phi) is 2.44. The van der Waals surface area contributed by atoms with Crippen LogP contribution in [0.1, 0.15) is 23.6 Å². The molecule has 2 N–H and O–H groups in total. The number of benzene rings is 1. The van der Waals surface area contributed by atoms with Gasteiger partial charge in [0.05, 0.1) is 5.56 Å². The van der Waals surface area contributed by atoms with E-state index in [0.717, 1.165) is 23.0 Å². The molecule has 0 spiro atoms. The van der Waals surface area contributed by atoms with Gasteiger partial charge in [0.1, 0.15) is 11.8 Å². The Morgan fingerprint density at radius 1 is 1.57 bits per heavy atom. The lowest BCUT2D eigenvalue weighted by Crippen LogP contribution is -2.35. The van der Waals surface area contributed by atoms with Crippen LogP contribution in [-0.4, -0.2) is 11.7 Å². The van der Waals surface area contributed by atoms with Crippen molar-refractivity contribution in [1.29, 1.82) is 5.26 Å². The van der Waals surface area contributed by atoms with Crippen molar-refractivity contribution in [3.05, 3.63) is 27.7 Å². The molecule has 1 atom stereocenters. The van der Waals surface area contributed by atoms with Crippen molar-refractivity contribution in [3.8, 4) is 11.8 Å². The minimum Gasteiger partial charge on any atom is -0.506 e. The van der Waals surface area contributed by atoms with Gasteiger partial charge in [-0.15, -0.1) is 0 Å². The summed E-state index contributed by atoms with van der Waals surface area (Å²) in [5.41, 5.74) is 1.13. The summed E-state index contributed by atoms with van der Waals surface area (Å²) in [6.45, 7) is 0.966. The molecule has 1 saturated heterocycles. The molecule has 0 bridgehead atoms. The van der Waals surface area contributed by atoms with E-state index in [0.29, 0.717) is 5.56 Å². The maximum atomic E-state index is 9.81. The predicted molar refractivity (Wildman–Crippen MR) is 55.9 cm³/mol. The smallest absolute Gasteiger partial charge is 0.139 e. The highest BCUT2D eigenvalue weighted by Gasteiger charge is 2.25. The Bertz CT molecular complexity index is 407. The highest BCUT2D eigenvalue weighted by atomic mass is 79.9. The van der Waals surface area contributed by atoms with Crippen LogP contribution in [0.2, 0.25) is 0 Å².